The van der Waals surface area contributed by atoms with Crippen LogP contribution >= 0.6 is 0 Å². The van der Waals surface area contributed by atoms with Gasteiger partial charge in [-0.1, -0.05) is 19.1 Å². The van der Waals surface area contributed by atoms with Crippen LogP contribution in [0.2, 0.25) is 0 Å². The average molecular weight is 278 g/mol. The SMILES string of the molecule is CCc1cccc(NC(=O)N(CC(=O)O)C(C)(C)C)c1. The Balaban J connectivity index is 2.87. The molecule has 1 rings (SSSR count). The van der Waals surface area contributed by atoms with Crippen LogP contribution in [-0.2, 0) is 11.2 Å². The maximum Gasteiger partial charge on any atom is 0.323 e. The molecule has 20 heavy (non-hydrogen) atoms. The van der Waals surface area contributed by atoms with E-state index in [4.69, 9.17) is 5.11 Å². The van der Waals surface area contributed by atoms with Gasteiger partial charge in [0.1, 0.15) is 6.54 Å². The van der Waals surface area contributed by atoms with Crippen molar-refractivity contribution in [1.82, 2.24) is 4.90 Å². The summed E-state index contributed by atoms with van der Waals surface area (Å²) in [5.41, 5.74) is 1.22. The number of nitrogens with zero attached hydrogens (tertiary/aromatic N) is 1. The molecule has 2 amide bonds. The van der Waals surface area contributed by atoms with Crippen molar-refractivity contribution >= 4 is 17.7 Å². The molecule has 5 nitrogen and oxygen atoms in total. The summed E-state index contributed by atoms with van der Waals surface area (Å²) in [4.78, 5) is 24.4. The summed E-state index contributed by atoms with van der Waals surface area (Å²) in [5.74, 6) is -1.03. The number of hydrogen-bond donors (Lipinski definition) is 2. The van der Waals surface area contributed by atoms with Gasteiger partial charge in [0.25, 0.3) is 0 Å². The van der Waals surface area contributed by atoms with Crippen LogP contribution in [0.25, 0.3) is 0 Å². The number of amides is 2. The molecule has 0 saturated heterocycles. The summed E-state index contributed by atoms with van der Waals surface area (Å²) in [6.07, 6.45) is 0.877. The third-order valence-corrected chi connectivity index (χ3v) is 2.93. The lowest BCUT2D eigenvalue weighted by Crippen LogP contribution is -2.50. The molecule has 0 heterocycles. The van der Waals surface area contributed by atoms with E-state index in [0.29, 0.717) is 5.69 Å². The predicted molar refractivity (Wildman–Crippen MR) is 78.9 cm³/mol. The van der Waals surface area contributed by atoms with Crippen molar-refractivity contribution in [3.05, 3.63) is 29.8 Å². The Hall–Kier alpha value is -2.04. The minimum atomic E-state index is -1.03. The summed E-state index contributed by atoms with van der Waals surface area (Å²) in [7, 11) is 0. The Morgan fingerprint density at radius 3 is 2.45 bits per heavy atom. The molecule has 0 aliphatic heterocycles. The maximum atomic E-state index is 12.2. The minimum absolute atomic E-state index is 0.331. The fourth-order valence-electron chi connectivity index (χ4n) is 1.81. The Kier molecular flexibility index (Phi) is 5.13. The van der Waals surface area contributed by atoms with Gasteiger partial charge in [-0.2, -0.15) is 0 Å². The first-order valence-corrected chi connectivity index (χ1v) is 6.63. The molecular weight excluding hydrogens is 256 g/mol. The van der Waals surface area contributed by atoms with E-state index in [2.05, 4.69) is 5.32 Å². The normalized spacial score (nSPS) is 11.0. The summed E-state index contributed by atoms with van der Waals surface area (Å²) >= 11 is 0. The molecule has 110 valence electrons. The summed E-state index contributed by atoms with van der Waals surface area (Å²) in [5, 5.41) is 11.7. The third kappa shape index (κ3) is 4.57. The Labute approximate surface area is 119 Å². The first-order valence-electron chi connectivity index (χ1n) is 6.63. The van der Waals surface area contributed by atoms with Crippen molar-refractivity contribution in [2.75, 3.05) is 11.9 Å². The van der Waals surface area contributed by atoms with Gasteiger partial charge >= 0.3 is 12.0 Å². The zero-order chi connectivity index (χ0) is 15.3. The van der Waals surface area contributed by atoms with E-state index < -0.39 is 17.5 Å². The molecular formula is C15H22N2O3. The number of aryl methyl sites for hydroxylation is 1. The highest BCUT2D eigenvalue weighted by Crippen LogP contribution is 2.17. The number of carbonyl (C=O) groups is 2. The highest BCUT2D eigenvalue weighted by molar-refractivity contribution is 5.91. The van der Waals surface area contributed by atoms with Crippen LogP contribution < -0.4 is 5.32 Å². The number of carbonyl (C=O) groups excluding carboxylic acids is 1. The predicted octanol–water partition coefficient (Wildman–Crippen LogP) is 2.97. The van der Waals surface area contributed by atoms with Gasteiger partial charge in [-0.15, -0.1) is 0 Å². The molecule has 1 aromatic carbocycles. The lowest BCUT2D eigenvalue weighted by molar-refractivity contribution is -0.138. The van der Waals surface area contributed by atoms with E-state index in [0.717, 1.165) is 12.0 Å². The van der Waals surface area contributed by atoms with Gasteiger partial charge in [0, 0.05) is 11.2 Å². The van der Waals surface area contributed by atoms with Gasteiger partial charge in [0.05, 0.1) is 0 Å². The van der Waals surface area contributed by atoms with Gasteiger partial charge in [0.2, 0.25) is 0 Å². The van der Waals surface area contributed by atoms with Gasteiger partial charge in [-0.05, 0) is 44.9 Å². The first-order chi connectivity index (χ1) is 9.24. The number of carboxylic acids is 1. The van der Waals surface area contributed by atoms with Crippen molar-refractivity contribution < 1.29 is 14.7 Å². The summed E-state index contributed by atoms with van der Waals surface area (Å²) in [6, 6.07) is 7.12. The van der Waals surface area contributed by atoms with Crippen molar-refractivity contribution in [1.29, 1.82) is 0 Å². The second-order valence-electron chi connectivity index (χ2n) is 5.63. The number of hydrogen-bond acceptors (Lipinski definition) is 2. The molecule has 0 aliphatic rings. The van der Waals surface area contributed by atoms with Gasteiger partial charge < -0.3 is 15.3 Å². The minimum Gasteiger partial charge on any atom is -0.480 e. The molecule has 0 spiro atoms. The molecule has 0 unspecified atom stereocenters. The second-order valence-corrected chi connectivity index (χ2v) is 5.63. The summed E-state index contributed by atoms with van der Waals surface area (Å²) < 4.78 is 0. The van der Waals surface area contributed by atoms with Crippen LogP contribution in [0.15, 0.2) is 24.3 Å². The smallest absolute Gasteiger partial charge is 0.323 e. The van der Waals surface area contributed by atoms with Gasteiger partial charge in [-0.25, -0.2) is 4.79 Å². The third-order valence-electron chi connectivity index (χ3n) is 2.93. The molecule has 0 saturated carbocycles. The molecule has 0 aliphatic carbocycles. The van der Waals surface area contributed by atoms with Crippen LogP contribution in [0.4, 0.5) is 10.5 Å². The summed E-state index contributed by atoms with van der Waals surface area (Å²) in [6.45, 7) is 7.11. The highest BCUT2D eigenvalue weighted by atomic mass is 16.4. The molecule has 1 aromatic rings. The molecule has 2 N–H and O–H groups in total. The number of anilines is 1. The number of urea groups is 1. The standard InChI is InChI=1S/C15H22N2O3/c1-5-11-7-6-8-12(9-11)16-14(20)17(10-13(18)19)15(2,3)4/h6-9H,5,10H2,1-4H3,(H,16,20)(H,18,19). The van der Waals surface area contributed by atoms with Crippen LogP contribution in [0.3, 0.4) is 0 Å². The molecule has 0 aromatic heterocycles. The van der Waals surface area contributed by atoms with Crippen LogP contribution in [0, 0.1) is 0 Å². The Morgan fingerprint density at radius 2 is 1.95 bits per heavy atom. The van der Waals surface area contributed by atoms with E-state index in [1.165, 1.54) is 4.90 Å². The molecule has 5 heteroatoms. The quantitative estimate of drug-likeness (QED) is 0.889. The number of carboxylic acid groups (broad SMARTS) is 1. The van der Waals surface area contributed by atoms with Crippen molar-refractivity contribution in [2.24, 2.45) is 0 Å². The monoisotopic (exact) mass is 278 g/mol. The van der Waals surface area contributed by atoms with Crippen LogP contribution in [0.5, 0.6) is 0 Å². The molecule has 0 fully saturated rings. The Morgan fingerprint density at radius 1 is 1.30 bits per heavy atom. The lowest BCUT2D eigenvalue weighted by Gasteiger charge is -2.34. The average Bonchev–Trinajstić information content (AvgIpc) is 2.34. The first kappa shape index (κ1) is 16.0. The van der Waals surface area contributed by atoms with E-state index in [-0.39, 0.29) is 6.54 Å². The van der Waals surface area contributed by atoms with Crippen molar-refractivity contribution in [3.8, 4) is 0 Å². The molecule has 0 atom stereocenters. The molecule has 0 bridgehead atoms. The fraction of sp³-hybridized carbons (Fsp3) is 0.467. The van der Waals surface area contributed by atoms with E-state index in [1.807, 2.05) is 25.1 Å². The van der Waals surface area contributed by atoms with E-state index in [9.17, 15) is 9.59 Å². The topological polar surface area (TPSA) is 69.6 Å². The van der Waals surface area contributed by atoms with E-state index in [1.54, 1.807) is 26.8 Å². The van der Waals surface area contributed by atoms with Crippen molar-refractivity contribution in [3.63, 3.8) is 0 Å². The van der Waals surface area contributed by atoms with Gasteiger partial charge in [-0.3, -0.25) is 4.79 Å². The van der Waals surface area contributed by atoms with Crippen LogP contribution in [0.1, 0.15) is 33.3 Å². The highest BCUT2D eigenvalue weighted by Gasteiger charge is 2.28. The fourth-order valence-corrected chi connectivity index (χ4v) is 1.81. The largest absolute Gasteiger partial charge is 0.480 e. The maximum absolute atomic E-state index is 12.2. The number of nitrogens with one attached hydrogen (secondary N) is 1. The molecule has 0 radical (unpaired) electrons. The number of benzene rings is 1. The number of aliphatic carboxylic acids is 1. The Bertz CT molecular complexity index is 492. The van der Waals surface area contributed by atoms with E-state index >= 15 is 0 Å². The lowest BCUT2D eigenvalue weighted by atomic mass is 10.1. The second kappa shape index (κ2) is 6.41. The zero-order valence-electron chi connectivity index (χ0n) is 12.4. The number of rotatable bonds is 4. The zero-order valence-corrected chi connectivity index (χ0v) is 12.4. The van der Waals surface area contributed by atoms with Crippen LogP contribution in [-0.4, -0.2) is 34.1 Å². The van der Waals surface area contributed by atoms with Gasteiger partial charge in [0.15, 0.2) is 0 Å². The van der Waals surface area contributed by atoms with Crippen molar-refractivity contribution in [2.45, 2.75) is 39.7 Å².